The van der Waals surface area contributed by atoms with E-state index in [0.717, 1.165) is 31.0 Å². The molecule has 2 N–H and O–H groups in total. The van der Waals surface area contributed by atoms with E-state index in [9.17, 15) is 8.42 Å². The lowest BCUT2D eigenvalue weighted by Gasteiger charge is -2.27. The van der Waals surface area contributed by atoms with Gasteiger partial charge in [0.25, 0.3) is 0 Å². The van der Waals surface area contributed by atoms with Gasteiger partial charge in [-0.15, -0.1) is 24.0 Å². The molecule has 0 saturated carbocycles. The van der Waals surface area contributed by atoms with Crippen LogP contribution in [0.3, 0.4) is 0 Å². The molecule has 7 nitrogen and oxygen atoms in total. The van der Waals surface area contributed by atoms with E-state index in [1.807, 2.05) is 19.2 Å². The summed E-state index contributed by atoms with van der Waals surface area (Å²) >= 11 is 0. The third-order valence-electron chi connectivity index (χ3n) is 4.83. The topological polar surface area (TPSA) is 86.7 Å². The highest BCUT2D eigenvalue weighted by molar-refractivity contribution is 14.0. The quantitative estimate of drug-likeness (QED) is 0.360. The first-order chi connectivity index (χ1) is 12.6. The Morgan fingerprint density at radius 1 is 1.33 bits per heavy atom. The van der Waals surface area contributed by atoms with Gasteiger partial charge in [-0.2, -0.15) is 0 Å². The van der Waals surface area contributed by atoms with Gasteiger partial charge in [0.2, 0.25) is 0 Å². The second kappa shape index (κ2) is 10.4. The zero-order valence-corrected chi connectivity index (χ0v) is 19.0. The summed E-state index contributed by atoms with van der Waals surface area (Å²) in [5.41, 5.74) is 1.11. The fourth-order valence-corrected chi connectivity index (χ4v) is 5.12. The monoisotopic (exact) mass is 507 g/mol. The molecule has 2 saturated heterocycles. The van der Waals surface area contributed by atoms with Crippen molar-refractivity contribution in [2.75, 3.05) is 36.0 Å². The molecule has 0 aliphatic carbocycles. The SMILES string of the molecule is CCNC(=NCc1ccnc(N2CCCCC2)c1)NC1CCS(=O)(=O)C1.I. The molecule has 1 atom stereocenters. The summed E-state index contributed by atoms with van der Waals surface area (Å²) in [5.74, 6) is 2.14. The third kappa shape index (κ3) is 6.78. The molecule has 0 spiro atoms. The van der Waals surface area contributed by atoms with Gasteiger partial charge in [-0.05, 0) is 50.3 Å². The fraction of sp³-hybridized carbons (Fsp3) is 0.667. The molecule has 1 unspecified atom stereocenters. The van der Waals surface area contributed by atoms with Crippen LogP contribution in [0.25, 0.3) is 0 Å². The fourth-order valence-electron chi connectivity index (χ4n) is 3.45. The molecule has 27 heavy (non-hydrogen) atoms. The summed E-state index contributed by atoms with van der Waals surface area (Å²) in [6, 6.07) is 4.04. The zero-order chi connectivity index (χ0) is 18.4. The highest BCUT2D eigenvalue weighted by Gasteiger charge is 2.28. The number of aliphatic imine (C=N–C) groups is 1. The maximum Gasteiger partial charge on any atom is 0.191 e. The molecule has 0 radical (unpaired) electrons. The van der Waals surface area contributed by atoms with E-state index in [4.69, 9.17) is 0 Å². The Kier molecular flexibility index (Phi) is 8.59. The average molecular weight is 507 g/mol. The standard InChI is InChI=1S/C18H29N5O2S.HI/c1-2-19-18(22-16-7-11-26(24,25)14-16)21-13-15-6-8-20-17(12-15)23-9-4-3-5-10-23;/h6,8,12,16H,2-5,7,9-11,13-14H2,1H3,(H2,19,21,22);1H. The second-order valence-corrected chi connectivity index (χ2v) is 9.24. The Labute approximate surface area is 179 Å². The van der Waals surface area contributed by atoms with E-state index in [0.29, 0.717) is 18.9 Å². The largest absolute Gasteiger partial charge is 0.357 e. The minimum absolute atomic E-state index is 0. The Morgan fingerprint density at radius 3 is 2.78 bits per heavy atom. The van der Waals surface area contributed by atoms with Crippen LogP contribution in [0.4, 0.5) is 5.82 Å². The summed E-state index contributed by atoms with van der Waals surface area (Å²) < 4.78 is 23.3. The number of piperidine rings is 1. The van der Waals surface area contributed by atoms with Crippen LogP contribution in [-0.2, 0) is 16.4 Å². The lowest BCUT2D eigenvalue weighted by Crippen LogP contribution is -2.44. The Morgan fingerprint density at radius 2 is 2.11 bits per heavy atom. The molecule has 3 rings (SSSR count). The van der Waals surface area contributed by atoms with Crippen LogP contribution in [0.15, 0.2) is 23.3 Å². The Hall–Kier alpha value is -1.10. The molecule has 152 valence electrons. The van der Waals surface area contributed by atoms with E-state index in [1.54, 1.807) is 0 Å². The molecule has 2 aliphatic heterocycles. The van der Waals surface area contributed by atoms with Gasteiger partial charge in [0.05, 0.1) is 18.1 Å². The molecule has 0 aromatic carbocycles. The van der Waals surface area contributed by atoms with E-state index >= 15 is 0 Å². The first-order valence-corrected chi connectivity index (χ1v) is 11.3. The number of rotatable bonds is 5. The Balaban J connectivity index is 0.00000261. The number of hydrogen-bond donors (Lipinski definition) is 2. The molecule has 0 amide bonds. The Bertz CT molecular complexity index is 735. The molecular weight excluding hydrogens is 477 g/mol. The van der Waals surface area contributed by atoms with Crippen molar-refractivity contribution >= 4 is 45.6 Å². The molecule has 1 aromatic heterocycles. The van der Waals surface area contributed by atoms with Gasteiger partial charge >= 0.3 is 0 Å². The van der Waals surface area contributed by atoms with Gasteiger partial charge in [0.15, 0.2) is 15.8 Å². The number of guanidine groups is 1. The maximum absolute atomic E-state index is 11.6. The minimum Gasteiger partial charge on any atom is -0.357 e. The molecule has 3 heterocycles. The van der Waals surface area contributed by atoms with Crippen molar-refractivity contribution in [2.24, 2.45) is 4.99 Å². The van der Waals surface area contributed by atoms with Crippen LogP contribution in [-0.4, -0.2) is 56.5 Å². The van der Waals surface area contributed by atoms with Crippen molar-refractivity contribution in [1.82, 2.24) is 15.6 Å². The zero-order valence-electron chi connectivity index (χ0n) is 15.9. The lowest BCUT2D eigenvalue weighted by atomic mass is 10.1. The van der Waals surface area contributed by atoms with Crippen LogP contribution in [0.2, 0.25) is 0 Å². The van der Waals surface area contributed by atoms with E-state index in [1.165, 1.54) is 19.3 Å². The molecule has 1 aromatic rings. The van der Waals surface area contributed by atoms with Gasteiger partial charge < -0.3 is 15.5 Å². The number of sulfone groups is 1. The van der Waals surface area contributed by atoms with Crippen molar-refractivity contribution in [3.8, 4) is 0 Å². The van der Waals surface area contributed by atoms with E-state index in [-0.39, 0.29) is 41.5 Å². The van der Waals surface area contributed by atoms with Crippen LogP contribution >= 0.6 is 24.0 Å². The number of hydrogen-bond acceptors (Lipinski definition) is 5. The van der Waals surface area contributed by atoms with Crippen molar-refractivity contribution < 1.29 is 8.42 Å². The van der Waals surface area contributed by atoms with Crippen LogP contribution < -0.4 is 15.5 Å². The number of anilines is 1. The van der Waals surface area contributed by atoms with Gasteiger partial charge in [0, 0.05) is 31.9 Å². The number of halogens is 1. The summed E-state index contributed by atoms with van der Waals surface area (Å²) in [6.07, 6.45) is 6.24. The number of nitrogens with one attached hydrogen (secondary N) is 2. The van der Waals surface area contributed by atoms with E-state index < -0.39 is 9.84 Å². The first kappa shape index (κ1) is 22.2. The molecule has 2 aliphatic rings. The van der Waals surface area contributed by atoms with Crippen molar-refractivity contribution in [1.29, 1.82) is 0 Å². The van der Waals surface area contributed by atoms with Crippen LogP contribution in [0, 0.1) is 0 Å². The normalized spacial score (nSPS) is 22.2. The van der Waals surface area contributed by atoms with Gasteiger partial charge in [0.1, 0.15) is 5.82 Å². The molecular formula is C18H30IN5O2S. The summed E-state index contributed by atoms with van der Waals surface area (Å²) in [5, 5.41) is 6.46. The van der Waals surface area contributed by atoms with Crippen molar-refractivity contribution in [3.05, 3.63) is 23.9 Å². The van der Waals surface area contributed by atoms with Gasteiger partial charge in [-0.25, -0.2) is 18.4 Å². The van der Waals surface area contributed by atoms with Gasteiger partial charge in [-0.1, -0.05) is 0 Å². The number of pyridine rings is 1. The summed E-state index contributed by atoms with van der Waals surface area (Å²) in [7, 11) is -2.90. The molecule has 2 fully saturated rings. The highest BCUT2D eigenvalue weighted by Crippen LogP contribution is 2.18. The van der Waals surface area contributed by atoms with Crippen molar-refractivity contribution in [2.45, 2.75) is 45.2 Å². The second-order valence-electron chi connectivity index (χ2n) is 7.01. The predicted octanol–water partition coefficient (Wildman–Crippen LogP) is 1.93. The third-order valence-corrected chi connectivity index (χ3v) is 6.60. The van der Waals surface area contributed by atoms with E-state index in [2.05, 4.69) is 31.6 Å². The highest BCUT2D eigenvalue weighted by atomic mass is 127. The van der Waals surface area contributed by atoms with Gasteiger partial charge in [-0.3, -0.25) is 0 Å². The summed E-state index contributed by atoms with van der Waals surface area (Å²) in [4.78, 5) is 11.5. The smallest absolute Gasteiger partial charge is 0.191 e. The first-order valence-electron chi connectivity index (χ1n) is 9.51. The average Bonchev–Trinajstić information content (AvgIpc) is 2.99. The number of nitrogens with zero attached hydrogens (tertiary/aromatic N) is 3. The summed E-state index contributed by atoms with van der Waals surface area (Å²) in [6.45, 7) is 5.42. The predicted molar refractivity (Wildman–Crippen MR) is 121 cm³/mol. The molecule has 9 heteroatoms. The van der Waals surface area contributed by atoms with Crippen LogP contribution in [0.5, 0.6) is 0 Å². The lowest BCUT2D eigenvalue weighted by molar-refractivity contribution is 0.573. The maximum atomic E-state index is 11.6. The number of aromatic nitrogens is 1. The minimum atomic E-state index is -2.90. The molecule has 0 bridgehead atoms. The van der Waals surface area contributed by atoms with Crippen LogP contribution in [0.1, 0.15) is 38.2 Å². The van der Waals surface area contributed by atoms with Crippen molar-refractivity contribution in [3.63, 3.8) is 0 Å².